The van der Waals surface area contributed by atoms with Crippen LogP contribution in [0.1, 0.15) is 30.2 Å². The van der Waals surface area contributed by atoms with Crippen LogP contribution in [0.4, 0.5) is 0 Å². The van der Waals surface area contributed by atoms with E-state index in [9.17, 15) is 4.79 Å². The van der Waals surface area contributed by atoms with Gasteiger partial charge in [0.2, 0.25) is 0 Å². The van der Waals surface area contributed by atoms with Crippen LogP contribution in [0.2, 0.25) is 0 Å². The van der Waals surface area contributed by atoms with E-state index in [-0.39, 0.29) is 0 Å². The quantitative estimate of drug-likeness (QED) is 0.640. The van der Waals surface area contributed by atoms with E-state index in [0.29, 0.717) is 11.7 Å². The van der Waals surface area contributed by atoms with Crippen LogP contribution in [-0.2, 0) is 6.54 Å². The van der Waals surface area contributed by atoms with Gasteiger partial charge in [-0.2, -0.15) is 0 Å². The van der Waals surface area contributed by atoms with Crippen molar-refractivity contribution in [1.29, 1.82) is 0 Å². The summed E-state index contributed by atoms with van der Waals surface area (Å²) >= 11 is 0. The van der Waals surface area contributed by atoms with Crippen molar-refractivity contribution >= 4 is 6.29 Å². The summed E-state index contributed by atoms with van der Waals surface area (Å²) in [6.07, 6.45) is 2.53. The average Bonchev–Trinajstić information content (AvgIpc) is 2.32. The number of hydrogen-bond donors (Lipinski definition) is 0. The van der Waals surface area contributed by atoms with Crippen LogP contribution >= 0.6 is 0 Å². The summed E-state index contributed by atoms with van der Waals surface area (Å²) in [6.45, 7) is 7.06. The Kier molecular flexibility index (Phi) is 2.63. The smallest absolute Gasteiger partial charge is 0.185 e. The highest BCUT2D eigenvalue weighted by Crippen LogP contribution is 2.06. The second-order valence-corrected chi connectivity index (χ2v) is 3.38. The van der Waals surface area contributed by atoms with Crippen molar-refractivity contribution < 1.29 is 4.79 Å². The van der Waals surface area contributed by atoms with Crippen LogP contribution in [0.15, 0.2) is 6.20 Å². The highest BCUT2D eigenvalue weighted by molar-refractivity contribution is 5.69. The highest BCUT2D eigenvalue weighted by atomic mass is 16.1. The van der Waals surface area contributed by atoms with Gasteiger partial charge < -0.3 is 4.57 Å². The number of carbonyl (C=O) groups is 1. The zero-order valence-electron chi connectivity index (χ0n) is 7.74. The van der Waals surface area contributed by atoms with Crippen molar-refractivity contribution in [3.8, 4) is 0 Å². The zero-order chi connectivity index (χ0) is 9.14. The number of aromatic nitrogens is 2. The summed E-state index contributed by atoms with van der Waals surface area (Å²) in [5.41, 5.74) is 1.05. The molecule has 0 spiro atoms. The monoisotopic (exact) mass is 166 g/mol. The maximum absolute atomic E-state index is 10.5. The maximum Gasteiger partial charge on any atom is 0.185 e. The van der Waals surface area contributed by atoms with Gasteiger partial charge in [-0.1, -0.05) is 13.8 Å². The van der Waals surface area contributed by atoms with Crippen molar-refractivity contribution in [2.24, 2.45) is 5.92 Å². The Morgan fingerprint density at radius 2 is 2.33 bits per heavy atom. The molecule has 0 N–H and O–H groups in total. The molecule has 0 aliphatic rings. The number of rotatable bonds is 3. The molecular weight excluding hydrogens is 152 g/mol. The molecule has 0 aliphatic heterocycles. The maximum atomic E-state index is 10.5. The summed E-state index contributed by atoms with van der Waals surface area (Å²) in [7, 11) is 0. The number of aryl methyl sites for hydroxylation is 1. The summed E-state index contributed by atoms with van der Waals surface area (Å²) in [6, 6.07) is 0. The van der Waals surface area contributed by atoms with Crippen LogP contribution in [0.25, 0.3) is 0 Å². The van der Waals surface area contributed by atoms with Crippen molar-refractivity contribution in [3.05, 3.63) is 17.7 Å². The second kappa shape index (κ2) is 3.52. The molecule has 0 atom stereocenters. The van der Waals surface area contributed by atoms with E-state index >= 15 is 0 Å². The van der Waals surface area contributed by atoms with Crippen molar-refractivity contribution in [1.82, 2.24) is 9.55 Å². The number of hydrogen-bond acceptors (Lipinski definition) is 2. The van der Waals surface area contributed by atoms with Crippen LogP contribution in [-0.4, -0.2) is 15.8 Å². The molecule has 66 valence electrons. The third kappa shape index (κ3) is 1.72. The fraction of sp³-hybridized carbons (Fsp3) is 0.556. The molecule has 0 saturated carbocycles. The topological polar surface area (TPSA) is 34.9 Å². The third-order valence-electron chi connectivity index (χ3n) is 1.74. The van der Waals surface area contributed by atoms with E-state index in [1.807, 2.05) is 11.5 Å². The lowest BCUT2D eigenvalue weighted by Crippen LogP contribution is -2.09. The second-order valence-electron chi connectivity index (χ2n) is 3.38. The Hall–Kier alpha value is -1.12. The largest absolute Gasteiger partial charge is 0.326 e. The van der Waals surface area contributed by atoms with E-state index in [1.165, 1.54) is 0 Å². The van der Waals surface area contributed by atoms with Crippen LogP contribution in [0, 0.1) is 12.8 Å². The van der Waals surface area contributed by atoms with E-state index in [2.05, 4.69) is 18.8 Å². The molecule has 0 aliphatic carbocycles. The predicted octanol–water partition coefficient (Wildman–Crippen LogP) is 1.66. The molecule has 0 fully saturated rings. The van der Waals surface area contributed by atoms with Crippen LogP contribution < -0.4 is 0 Å². The fourth-order valence-corrected chi connectivity index (χ4v) is 1.18. The van der Waals surface area contributed by atoms with Gasteiger partial charge in [0.1, 0.15) is 0 Å². The van der Waals surface area contributed by atoms with Gasteiger partial charge in [-0.3, -0.25) is 4.79 Å². The molecule has 0 saturated heterocycles. The molecule has 0 unspecified atom stereocenters. The summed E-state index contributed by atoms with van der Waals surface area (Å²) in [5, 5.41) is 0. The lowest BCUT2D eigenvalue weighted by atomic mass is 10.2. The first-order chi connectivity index (χ1) is 5.65. The molecule has 3 nitrogen and oxygen atoms in total. The molecular formula is C9H14N2O. The van der Waals surface area contributed by atoms with Gasteiger partial charge in [0, 0.05) is 18.4 Å². The third-order valence-corrected chi connectivity index (χ3v) is 1.74. The summed E-state index contributed by atoms with van der Waals surface area (Å²) < 4.78 is 1.94. The van der Waals surface area contributed by atoms with E-state index in [0.717, 1.165) is 18.5 Å². The molecule has 0 aromatic carbocycles. The number of imidazole rings is 1. The number of nitrogens with zero attached hydrogens (tertiary/aromatic N) is 2. The molecule has 0 bridgehead atoms. The SMILES string of the molecule is Cc1cnc(C=O)n1CC(C)C. The van der Waals surface area contributed by atoms with Gasteiger partial charge in [0.15, 0.2) is 12.1 Å². The Bertz CT molecular complexity index is 276. The number of carbonyl (C=O) groups excluding carboxylic acids is 1. The first-order valence-corrected chi connectivity index (χ1v) is 4.12. The molecule has 3 heteroatoms. The standard InChI is InChI=1S/C9H14N2O/c1-7(2)5-11-8(3)4-10-9(11)6-12/h4,6-7H,5H2,1-3H3. The van der Waals surface area contributed by atoms with Gasteiger partial charge in [0.05, 0.1) is 0 Å². The first kappa shape index (κ1) is 8.97. The highest BCUT2D eigenvalue weighted by Gasteiger charge is 2.06. The van der Waals surface area contributed by atoms with Gasteiger partial charge >= 0.3 is 0 Å². The van der Waals surface area contributed by atoms with Gasteiger partial charge in [0.25, 0.3) is 0 Å². The normalized spacial score (nSPS) is 10.7. The number of aldehydes is 1. The minimum absolute atomic E-state index is 0.529. The lowest BCUT2D eigenvalue weighted by molar-refractivity contribution is 0.111. The Morgan fingerprint density at radius 1 is 1.67 bits per heavy atom. The van der Waals surface area contributed by atoms with Crippen molar-refractivity contribution in [2.75, 3.05) is 0 Å². The Morgan fingerprint density at radius 3 is 2.83 bits per heavy atom. The summed E-state index contributed by atoms with van der Waals surface area (Å²) in [4.78, 5) is 14.5. The van der Waals surface area contributed by atoms with E-state index in [4.69, 9.17) is 0 Å². The molecule has 12 heavy (non-hydrogen) atoms. The van der Waals surface area contributed by atoms with Gasteiger partial charge in [-0.25, -0.2) is 4.98 Å². The molecule has 1 aromatic rings. The minimum atomic E-state index is 0.529. The molecule has 1 heterocycles. The molecule has 0 amide bonds. The van der Waals surface area contributed by atoms with Gasteiger partial charge in [-0.05, 0) is 12.8 Å². The predicted molar refractivity (Wildman–Crippen MR) is 47.2 cm³/mol. The Balaban J connectivity index is 2.94. The van der Waals surface area contributed by atoms with E-state index in [1.54, 1.807) is 6.20 Å². The average molecular weight is 166 g/mol. The lowest BCUT2D eigenvalue weighted by Gasteiger charge is -2.09. The molecule has 1 rings (SSSR count). The van der Waals surface area contributed by atoms with Crippen LogP contribution in [0.5, 0.6) is 0 Å². The fourth-order valence-electron chi connectivity index (χ4n) is 1.18. The van der Waals surface area contributed by atoms with Crippen LogP contribution in [0.3, 0.4) is 0 Å². The van der Waals surface area contributed by atoms with Crippen molar-refractivity contribution in [2.45, 2.75) is 27.3 Å². The van der Waals surface area contributed by atoms with Gasteiger partial charge in [-0.15, -0.1) is 0 Å². The van der Waals surface area contributed by atoms with Crippen molar-refractivity contribution in [3.63, 3.8) is 0 Å². The zero-order valence-corrected chi connectivity index (χ0v) is 7.74. The summed E-state index contributed by atoms with van der Waals surface area (Å²) in [5.74, 6) is 1.07. The first-order valence-electron chi connectivity index (χ1n) is 4.12. The minimum Gasteiger partial charge on any atom is -0.326 e. The Labute approximate surface area is 72.4 Å². The molecule has 0 radical (unpaired) electrons. The molecule has 1 aromatic heterocycles. The van der Waals surface area contributed by atoms with E-state index < -0.39 is 0 Å².